The fourth-order valence-electron chi connectivity index (χ4n) is 1.79. The summed E-state index contributed by atoms with van der Waals surface area (Å²) in [5.41, 5.74) is 5.56. The van der Waals surface area contributed by atoms with Gasteiger partial charge in [-0.2, -0.15) is 0 Å². The lowest BCUT2D eigenvalue weighted by Gasteiger charge is -2.30. The number of carbonyl (C=O) groups is 1. The van der Waals surface area contributed by atoms with Crippen molar-refractivity contribution in [1.29, 1.82) is 0 Å². The Hall–Kier alpha value is -1.75. The molecule has 0 saturated heterocycles. The van der Waals surface area contributed by atoms with Crippen molar-refractivity contribution in [3.63, 3.8) is 0 Å². The van der Waals surface area contributed by atoms with E-state index in [9.17, 15) is 4.79 Å². The van der Waals surface area contributed by atoms with E-state index in [0.717, 1.165) is 0 Å². The summed E-state index contributed by atoms with van der Waals surface area (Å²) in [6.07, 6.45) is -0.401. The normalized spacial score (nSPS) is 19.5. The van der Waals surface area contributed by atoms with Gasteiger partial charge in [0.15, 0.2) is 11.5 Å². The number of ether oxygens (including phenoxy) is 3. The molecule has 5 heteroatoms. The molecule has 0 spiro atoms. The topological polar surface area (TPSA) is 70.8 Å². The molecule has 5 nitrogen and oxygen atoms in total. The number of fused-ring (bicyclic) bond motifs is 1. The summed E-state index contributed by atoms with van der Waals surface area (Å²) in [5, 5.41) is 0. The van der Waals surface area contributed by atoms with Crippen LogP contribution in [-0.2, 0) is 9.53 Å². The van der Waals surface area contributed by atoms with Gasteiger partial charge in [0.2, 0.25) is 0 Å². The molecule has 92 valence electrons. The molecular formula is C12H15NO4. The standard InChI is InChI=1S/C12H15NO4/c1-15-12(14)8(6-13)11-7-16-9-4-2-3-5-10(9)17-11/h2-5,8,11H,6-7,13H2,1H3. The number of rotatable bonds is 3. The summed E-state index contributed by atoms with van der Waals surface area (Å²) < 4.78 is 15.9. The first-order chi connectivity index (χ1) is 8.26. The monoisotopic (exact) mass is 237 g/mol. The number of nitrogens with two attached hydrogens (primary N) is 1. The summed E-state index contributed by atoms with van der Waals surface area (Å²) >= 11 is 0. The highest BCUT2D eigenvalue weighted by molar-refractivity contribution is 5.73. The molecule has 1 heterocycles. The molecule has 2 unspecified atom stereocenters. The van der Waals surface area contributed by atoms with Crippen molar-refractivity contribution in [3.8, 4) is 11.5 Å². The second-order valence-corrected chi connectivity index (χ2v) is 3.78. The Morgan fingerprint density at radius 1 is 1.53 bits per heavy atom. The first kappa shape index (κ1) is 11.7. The Balaban J connectivity index is 2.13. The molecule has 0 aliphatic carbocycles. The van der Waals surface area contributed by atoms with E-state index in [1.54, 1.807) is 6.07 Å². The van der Waals surface area contributed by atoms with Gasteiger partial charge in [0.1, 0.15) is 18.6 Å². The molecule has 2 atom stereocenters. The highest BCUT2D eigenvalue weighted by Gasteiger charge is 2.33. The summed E-state index contributed by atoms with van der Waals surface area (Å²) in [7, 11) is 1.34. The highest BCUT2D eigenvalue weighted by Crippen LogP contribution is 2.32. The summed E-state index contributed by atoms with van der Waals surface area (Å²) in [5.74, 6) is 0.435. The fraction of sp³-hybridized carbons (Fsp3) is 0.417. The SMILES string of the molecule is COC(=O)C(CN)C1COc2ccccc2O1. The van der Waals surface area contributed by atoms with Gasteiger partial charge in [0.25, 0.3) is 0 Å². The van der Waals surface area contributed by atoms with Crippen LogP contribution in [0.5, 0.6) is 11.5 Å². The molecule has 2 N–H and O–H groups in total. The number of para-hydroxylation sites is 2. The van der Waals surface area contributed by atoms with Gasteiger partial charge in [-0.05, 0) is 12.1 Å². The van der Waals surface area contributed by atoms with E-state index in [2.05, 4.69) is 4.74 Å². The number of carbonyl (C=O) groups excluding carboxylic acids is 1. The Labute approximate surface area is 99.5 Å². The lowest BCUT2D eigenvalue weighted by molar-refractivity contribution is -0.149. The maximum atomic E-state index is 11.5. The largest absolute Gasteiger partial charge is 0.486 e. The second-order valence-electron chi connectivity index (χ2n) is 3.78. The van der Waals surface area contributed by atoms with Crippen LogP contribution in [0.4, 0.5) is 0 Å². The number of esters is 1. The maximum absolute atomic E-state index is 11.5. The zero-order valence-electron chi connectivity index (χ0n) is 9.59. The Kier molecular flexibility index (Phi) is 3.49. The first-order valence-corrected chi connectivity index (χ1v) is 5.42. The van der Waals surface area contributed by atoms with E-state index in [4.69, 9.17) is 15.2 Å². The van der Waals surface area contributed by atoms with Crippen molar-refractivity contribution in [2.24, 2.45) is 11.7 Å². The van der Waals surface area contributed by atoms with Gasteiger partial charge in [-0.1, -0.05) is 12.1 Å². The predicted molar refractivity (Wildman–Crippen MR) is 60.9 cm³/mol. The minimum Gasteiger partial charge on any atom is -0.486 e. The van der Waals surface area contributed by atoms with E-state index < -0.39 is 12.0 Å². The molecule has 1 aliphatic rings. The summed E-state index contributed by atoms with van der Waals surface area (Å²) in [6.45, 7) is 0.469. The summed E-state index contributed by atoms with van der Waals surface area (Å²) in [4.78, 5) is 11.5. The number of benzene rings is 1. The van der Waals surface area contributed by atoms with Crippen LogP contribution in [0.3, 0.4) is 0 Å². The highest BCUT2D eigenvalue weighted by atomic mass is 16.6. The zero-order valence-corrected chi connectivity index (χ0v) is 9.59. The van der Waals surface area contributed by atoms with Gasteiger partial charge in [-0.3, -0.25) is 4.79 Å². The average Bonchev–Trinajstić information content (AvgIpc) is 2.39. The van der Waals surface area contributed by atoms with Gasteiger partial charge >= 0.3 is 5.97 Å². The van der Waals surface area contributed by atoms with Crippen molar-refractivity contribution in [1.82, 2.24) is 0 Å². The molecule has 0 amide bonds. The van der Waals surface area contributed by atoms with E-state index in [1.807, 2.05) is 18.2 Å². The van der Waals surface area contributed by atoms with Crippen molar-refractivity contribution >= 4 is 5.97 Å². The van der Waals surface area contributed by atoms with E-state index in [0.29, 0.717) is 18.1 Å². The third-order valence-electron chi connectivity index (χ3n) is 2.74. The second kappa shape index (κ2) is 5.05. The third kappa shape index (κ3) is 2.34. The lowest BCUT2D eigenvalue weighted by atomic mass is 10.0. The number of hydrogen-bond donors (Lipinski definition) is 1. The van der Waals surface area contributed by atoms with Crippen molar-refractivity contribution in [3.05, 3.63) is 24.3 Å². The van der Waals surface area contributed by atoms with E-state index in [1.165, 1.54) is 7.11 Å². The Morgan fingerprint density at radius 2 is 2.24 bits per heavy atom. The quantitative estimate of drug-likeness (QED) is 0.778. The minimum absolute atomic E-state index is 0.170. The minimum atomic E-state index is -0.506. The van der Waals surface area contributed by atoms with E-state index in [-0.39, 0.29) is 12.5 Å². The van der Waals surface area contributed by atoms with Gasteiger partial charge < -0.3 is 19.9 Å². The molecule has 0 aromatic heterocycles. The molecule has 1 aromatic carbocycles. The predicted octanol–water partition coefficient (Wildman–Crippen LogP) is 0.574. The summed E-state index contributed by atoms with van der Waals surface area (Å²) in [6, 6.07) is 7.33. The van der Waals surface area contributed by atoms with Crippen LogP contribution < -0.4 is 15.2 Å². The number of methoxy groups -OCH3 is 1. The number of hydrogen-bond acceptors (Lipinski definition) is 5. The smallest absolute Gasteiger partial charge is 0.313 e. The molecule has 1 aromatic rings. The van der Waals surface area contributed by atoms with Crippen LogP contribution >= 0.6 is 0 Å². The molecule has 0 fully saturated rings. The zero-order chi connectivity index (χ0) is 12.3. The Bertz CT molecular complexity index is 407. The van der Waals surface area contributed by atoms with Crippen LogP contribution in [0.1, 0.15) is 0 Å². The molecule has 0 saturated carbocycles. The van der Waals surface area contributed by atoms with Gasteiger partial charge in [0.05, 0.1) is 7.11 Å². The molecule has 2 rings (SSSR count). The van der Waals surface area contributed by atoms with Crippen LogP contribution in [0, 0.1) is 5.92 Å². The van der Waals surface area contributed by atoms with Crippen LogP contribution in [0.15, 0.2) is 24.3 Å². The van der Waals surface area contributed by atoms with Gasteiger partial charge in [0, 0.05) is 6.54 Å². The average molecular weight is 237 g/mol. The maximum Gasteiger partial charge on any atom is 0.313 e. The molecular weight excluding hydrogens is 222 g/mol. The molecule has 0 bridgehead atoms. The molecule has 17 heavy (non-hydrogen) atoms. The van der Waals surface area contributed by atoms with Crippen molar-refractivity contribution < 1.29 is 19.0 Å². The van der Waals surface area contributed by atoms with E-state index >= 15 is 0 Å². The third-order valence-corrected chi connectivity index (χ3v) is 2.74. The van der Waals surface area contributed by atoms with Crippen LogP contribution in [-0.4, -0.2) is 32.3 Å². The lowest BCUT2D eigenvalue weighted by Crippen LogP contribution is -2.44. The van der Waals surface area contributed by atoms with Gasteiger partial charge in [-0.25, -0.2) is 0 Å². The first-order valence-electron chi connectivity index (χ1n) is 5.42. The van der Waals surface area contributed by atoms with Crippen molar-refractivity contribution in [2.75, 3.05) is 20.3 Å². The molecule has 0 radical (unpaired) electrons. The van der Waals surface area contributed by atoms with Crippen LogP contribution in [0.2, 0.25) is 0 Å². The Morgan fingerprint density at radius 3 is 2.88 bits per heavy atom. The van der Waals surface area contributed by atoms with Crippen molar-refractivity contribution in [2.45, 2.75) is 6.10 Å². The van der Waals surface area contributed by atoms with Gasteiger partial charge in [-0.15, -0.1) is 0 Å². The molecule has 1 aliphatic heterocycles. The van der Waals surface area contributed by atoms with Crippen LogP contribution in [0.25, 0.3) is 0 Å². The fourth-order valence-corrected chi connectivity index (χ4v) is 1.79.